The van der Waals surface area contributed by atoms with Crippen LogP contribution in [0.1, 0.15) is 36.8 Å². The predicted molar refractivity (Wildman–Crippen MR) is 115 cm³/mol. The third-order valence-corrected chi connectivity index (χ3v) is 7.00. The van der Waals surface area contributed by atoms with Gasteiger partial charge in [-0.3, -0.25) is 4.79 Å². The molecule has 2 saturated heterocycles. The molecule has 0 spiro atoms. The summed E-state index contributed by atoms with van der Waals surface area (Å²) in [5.41, 5.74) is 1.66. The molecule has 2 fully saturated rings. The van der Waals surface area contributed by atoms with E-state index in [1.54, 1.807) is 12.1 Å². The molecule has 0 radical (unpaired) electrons. The summed E-state index contributed by atoms with van der Waals surface area (Å²) in [6.45, 7) is 2.80. The lowest BCUT2D eigenvalue weighted by molar-refractivity contribution is -0.142. The summed E-state index contributed by atoms with van der Waals surface area (Å²) in [5.74, 6) is 0.567. The number of ether oxygens (including phenoxy) is 1. The number of carbonyl (C=O) groups excluding carboxylic acids is 1. The van der Waals surface area contributed by atoms with Crippen LogP contribution in [-0.2, 0) is 21.4 Å². The van der Waals surface area contributed by atoms with Crippen molar-refractivity contribution in [2.45, 2.75) is 37.5 Å². The van der Waals surface area contributed by atoms with Crippen LogP contribution in [0.4, 0.5) is 4.39 Å². The van der Waals surface area contributed by atoms with Crippen LogP contribution in [0.15, 0.2) is 53.0 Å². The molecule has 2 aliphatic rings. The molecule has 0 atom stereocenters. The highest BCUT2D eigenvalue weighted by molar-refractivity contribution is 9.10. The molecule has 3 nitrogen and oxygen atoms in total. The third-order valence-electron chi connectivity index (χ3n) is 6.47. The molecule has 5 heteroatoms. The average Bonchev–Trinajstić information content (AvgIpc) is 2.75. The second-order valence-corrected chi connectivity index (χ2v) is 9.19. The Balaban J connectivity index is 1.45. The van der Waals surface area contributed by atoms with Crippen molar-refractivity contribution in [1.82, 2.24) is 4.90 Å². The van der Waals surface area contributed by atoms with E-state index in [1.165, 1.54) is 6.07 Å². The molecular formula is C24H27BrFNO2. The Morgan fingerprint density at radius 1 is 1.10 bits per heavy atom. The lowest BCUT2D eigenvalue weighted by Crippen LogP contribution is -2.52. The second-order valence-electron chi connectivity index (χ2n) is 8.27. The van der Waals surface area contributed by atoms with Gasteiger partial charge in [-0.2, -0.15) is 0 Å². The van der Waals surface area contributed by atoms with E-state index in [9.17, 15) is 9.18 Å². The summed E-state index contributed by atoms with van der Waals surface area (Å²) in [4.78, 5) is 15.7. The fourth-order valence-electron chi connectivity index (χ4n) is 4.75. The zero-order valence-corrected chi connectivity index (χ0v) is 18.2. The smallest absolute Gasteiger partial charge is 0.233 e. The lowest BCUT2D eigenvalue weighted by Gasteiger charge is -2.42. The van der Waals surface area contributed by atoms with Gasteiger partial charge >= 0.3 is 0 Å². The lowest BCUT2D eigenvalue weighted by atomic mass is 9.72. The quantitative estimate of drug-likeness (QED) is 0.634. The number of nitrogens with zero attached hydrogens (tertiary/aromatic N) is 1. The Bertz CT molecular complexity index is 840. The maximum Gasteiger partial charge on any atom is 0.233 e. The van der Waals surface area contributed by atoms with Gasteiger partial charge in [0, 0.05) is 30.8 Å². The first-order valence-corrected chi connectivity index (χ1v) is 11.2. The number of halogens is 2. The van der Waals surface area contributed by atoms with Crippen LogP contribution in [0.5, 0.6) is 0 Å². The third kappa shape index (κ3) is 4.56. The Hall–Kier alpha value is -1.72. The van der Waals surface area contributed by atoms with Gasteiger partial charge in [0.25, 0.3) is 0 Å². The predicted octanol–water partition coefficient (Wildman–Crippen LogP) is 5.12. The van der Waals surface area contributed by atoms with Gasteiger partial charge in [-0.15, -0.1) is 0 Å². The molecule has 0 saturated carbocycles. The summed E-state index contributed by atoms with van der Waals surface area (Å²) >= 11 is 3.50. The largest absolute Gasteiger partial charge is 0.381 e. The molecule has 2 heterocycles. The van der Waals surface area contributed by atoms with Gasteiger partial charge in [-0.05, 0) is 73.4 Å². The monoisotopic (exact) mass is 459 g/mol. The Morgan fingerprint density at radius 2 is 1.79 bits per heavy atom. The van der Waals surface area contributed by atoms with E-state index < -0.39 is 5.41 Å². The SMILES string of the molecule is O=C(N1CCC(Cc2cccc(F)c2)CC1)C1(c2ccc(Br)cc2)CCOCC1. The number of carbonyl (C=O) groups is 1. The number of hydrogen-bond donors (Lipinski definition) is 0. The van der Waals surface area contributed by atoms with Crippen LogP contribution >= 0.6 is 15.9 Å². The van der Waals surface area contributed by atoms with Gasteiger partial charge in [0.05, 0.1) is 5.41 Å². The van der Waals surface area contributed by atoms with Crippen molar-refractivity contribution in [3.05, 3.63) is 69.9 Å². The van der Waals surface area contributed by atoms with E-state index in [0.717, 1.165) is 60.8 Å². The minimum absolute atomic E-state index is 0.175. The second kappa shape index (κ2) is 8.97. The van der Waals surface area contributed by atoms with Crippen molar-refractivity contribution < 1.29 is 13.9 Å². The van der Waals surface area contributed by atoms with Crippen LogP contribution in [0.25, 0.3) is 0 Å². The Labute approximate surface area is 180 Å². The standard InChI is InChI=1S/C24H27BrFNO2/c25-21-6-4-20(5-7-21)24(10-14-29-15-11-24)23(28)27-12-8-18(9-13-27)16-19-2-1-3-22(26)17-19/h1-7,17-18H,8-16H2. The maximum atomic E-state index is 13.7. The maximum absolute atomic E-state index is 13.7. The van der Waals surface area contributed by atoms with Gasteiger partial charge in [0.2, 0.25) is 5.91 Å². The van der Waals surface area contributed by atoms with Gasteiger partial charge in [-0.25, -0.2) is 4.39 Å². The van der Waals surface area contributed by atoms with Crippen LogP contribution in [0.3, 0.4) is 0 Å². The van der Waals surface area contributed by atoms with E-state index in [2.05, 4.69) is 33.0 Å². The highest BCUT2D eigenvalue weighted by Crippen LogP contribution is 2.38. The van der Waals surface area contributed by atoms with Gasteiger partial charge in [0.1, 0.15) is 5.82 Å². The topological polar surface area (TPSA) is 29.5 Å². The van der Waals surface area contributed by atoms with Gasteiger partial charge in [-0.1, -0.05) is 40.2 Å². The first-order valence-electron chi connectivity index (χ1n) is 10.4. The fourth-order valence-corrected chi connectivity index (χ4v) is 5.02. The molecule has 0 aromatic heterocycles. The molecule has 0 unspecified atom stereocenters. The van der Waals surface area contributed by atoms with E-state index in [0.29, 0.717) is 19.1 Å². The minimum atomic E-state index is -0.478. The van der Waals surface area contributed by atoms with Crippen LogP contribution in [-0.4, -0.2) is 37.1 Å². The summed E-state index contributed by atoms with van der Waals surface area (Å²) < 4.78 is 20.1. The Kier molecular flexibility index (Phi) is 6.35. The molecule has 0 N–H and O–H groups in total. The number of benzene rings is 2. The van der Waals surface area contributed by atoms with E-state index >= 15 is 0 Å². The van der Waals surface area contributed by atoms with Crippen LogP contribution in [0, 0.1) is 11.7 Å². The molecule has 29 heavy (non-hydrogen) atoms. The van der Waals surface area contributed by atoms with Crippen molar-refractivity contribution in [3.63, 3.8) is 0 Å². The van der Waals surface area contributed by atoms with Crippen molar-refractivity contribution in [3.8, 4) is 0 Å². The van der Waals surface area contributed by atoms with E-state index in [-0.39, 0.29) is 11.7 Å². The number of likely N-dealkylation sites (tertiary alicyclic amines) is 1. The van der Waals surface area contributed by atoms with Gasteiger partial charge in [0.15, 0.2) is 0 Å². The number of amides is 1. The normalized spacial score (nSPS) is 19.9. The number of piperidine rings is 1. The minimum Gasteiger partial charge on any atom is -0.381 e. The molecule has 2 aromatic rings. The van der Waals surface area contributed by atoms with Crippen molar-refractivity contribution >= 4 is 21.8 Å². The first kappa shape index (κ1) is 20.5. The number of rotatable bonds is 4. The molecular weight excluding hydrogens is 433 g/mol. The highest BCUT2D eigenvalue weighted by atomic mass is 79.9. The zero-order chi connectivity index (χ0) is 20.3. The summed E-state index contributed by atoms with van der Waals surface area (Å²) in [5, 5.41) is 0. The molecule has 1 amide bonds. The average molecular weight is 460 g/mol. The molecule has 4 rings (SSSR count). The summed E-state index contributed by atoms with van der Waals surface area (Å²) in [6.07, 6.45) is 4.28. The molecule has 2 aromatic carbocycles. The molecule has 154 valence electrons. The molecule has 2 aliphatic heterocycles. The van der Waals surface area contributed by atoms with Crippen LogP contribution in [0.2, 0.25) is 0 Å². The van der Waals surface area contributed by atoms with Crippen LogP contribution < -0.4 is 0 Å². The highest BCUT2D eigenvalue weighted by Gasteiger charge is 2.44. The molecule has 0 bridgehead atoms. The summed E-state index contributed by atoms with van der Waals surface area (Å²) in [6, 6.07) is 15.1. The fraction of sp³-hybridized carbons (Fsp3) is 0.458. The van der Waals surface area contributed by atoms with Crippen molar-refractivity contribution in [1.29, 1.82) is 0 Å². The Morgan fingerprint density at radius 3 is 2.45 bits per heavy atom. The number of hydrogen-bond acceptors (Lipinski definition) is 2. The van der Waals surface area contributed by atoms with E-state index in [1.807, 2.05) is 18.2 Å². The van der Waals surface area contributed by atoms with E-state index in [4.69, 9.17) is 4.74 Å². The zero-order valence-electron chi connectivity index (χ0n) is 16.6. The molecule has 0 aliphatic carbocycles. The first-order chi connectivity index (χ1) is 14.1. The van der Waals surface area contributed by atoms with Gasteiger partial charge < -0.3 is 9.64 Å². The van der Waals surface area contributed by atoms with Crippen molar-refractivity contribution in [2.24, 2.45) is 5.92 Å². The summed E-state index contributed by atoms with van der Waals surface area (Å²) in [7, 11) is 0. The van der Waals surface area contributed by atoms with Crippen molar-refractivity contribution in [2.75, 3.05) is 26.3 Å².